The van der Waals surface area contributed by atoms with Crippen molar-refractivity contribution in [1.29, 1.82) is 0 Å². The largest absolute Gasteiger partial charge is 0.496 e. The van der Waals surface area contributed by atoms with Crippen molar-refractivity contribution >= 4 is 11.8 Å². The van der Waals surface area contributed by atoms with Gasteiger partial charge in [-0.2, -0.15) is 0 Å². The molecule has 0 bridgehead atoms. The van der Waals surface area contributed by atoms with Crippen LogP contribution in [0.1, 0.15) is 19.4 Å². The molecule has 1 aromatic carbocycles. The summed E-state index contributed by atoms with van der Waals surface area (Å²) in [6.07, 6.45) is 0. The molecule has 98 valence electrons. The highest BCUT2D eigenvalue weighted by Crippen LogP contribution is 2.16. The molecule has 5 nitrogen and oxygen atoms in total. The van der Waals surface area contributed by atoms with Gasteiger partial charge in [-0.05, 0) is 13.0 Å². The second-order valence-electron chi connectivity index (χ2n) is 3.95. The Hall–Kier alpha value is -2.04. The summed E-state index contributed by atoms with van der Waals surface area (Å²) in [5.41, 5.74) is 0.892. The first-order chi connectivity index (χ1) is 8.54. The van der Waals surface area contributed by atoms with E-state index in [2.05, 4.69) is 10.6 Å². The van der Waals surface area contributed by atoms with E-state index in [1.54, 1.807) is 14.0 Å². The second-order valence-corrected chi connectivity index (χ2v) is 3.95. The molecule has 0 aliphatic carbocycles. The summed E-state index contributed by atoms with van der Waals surface area (Å²) in [6, 6.07) is 6.91. The van der Waals surface area contributed by atoms with Crippen LogP contribution in [0.15, 0.2) is 24.3 Å². The number of hydrogen-bond acceptors (Lipinski definition) is 3. The van der Waals surface area contributed by atoms with Crippen molar-refractivity contribution in [2.24, 2.45) is 0 Å². The van der Waals surface area contributed by atoms with Crippen LogP contribution in [0.25, 0.3) is 0 Å². The molecule has 0 heterocycles. The number of ether oxygens (including phenoxy) is 1. The van der Waals surface area contributed by atoms with Crippen LogP contribution in [0.3, 0.4) is 0 Å². The Kier molecular flexibility index (Phi) is 5.17. The lowest BCUT2D eigenvalue weighted by Crippen LogP contribution is -2.43. The zero-order valence-electron chi connectivity index (χ0n) is 10.8. The summed E-state index contributed by atoms with van der Waals surface area (Å²) in [4.78, 5) is 22.5. The van der Waals surface area contributed by atoms with Crippen molar-refractivity contribution in [3.05, 3.63) is 29.8 Å². The minimum Gasteiger partial charge on any atom is -0.496 e. The lowest BCUT2D eigenvalue weighted by atomic mass is 10.2. The Bertz CT molecular complexity index is 432. The fourth-order valence-electron chi connectivity index (χ4n) is 1.55. The summed E-state index contributed by atoms with van der Waals surface area (Å²) < 4.78 is 5.18. The van der Waals surface area contributed by atoms with Crippen molar-refractivity contribution in [1.82, 2.24) is 10.6 Å². The van der Waals surface area contributed by atoms with Gasteiger partial charge in [0.2, 0.25) is 11.8 Å². The van der Waals surface area contributed by atoms with E-state index in [9.17, 15) is 9.59 Å². The van der Waals surface area contributed by atoms with E-state index >= 15 is 0 Å². The molecule has 5 heteroatoms. The Labute approximate surface area is 107 Å². The topological polar surface area (TPSA) is 67.4 Å². The number of benzene rings is 1. The molecule has 1 atom stereocenters. The third-order valence-electron chi connectivity index (χ3n) is 2.46. The Morgan fingerprint density at radius 3 is 2.61 bits per heavy atom. The van der Waals surface area contributed by atoms with Crippen LogP contribution >= 0.6 is 0 Å². The van der Waals surface area contributed by atoms with Crippen molar-refractivity contribution < 1.29 is 14.3 Å². The van der Waals surface area contributed by atoms with Crippen LogP contribution in [0.4, 0.5) is 0 Å². The lowest BCUT2D eigenvalue weighted by Gasteiger charge is -2.14. The maximum absolute atomic E-state index is 11.7. The zero-order valence-corrected chi connectivity index (χ0v) is 10.8. The molecule has 0 fully saturated rings. The third kappa shape index (κ3) is 4.08. The van der Waals surface area contributed by atoms with Gasteiger partial charge in [0.15, 0.2) is 0 Å². The van der Waals surface area contributed by atoms with Crippen molar-refractivity contribution in [2.75, 3.05) is 7.11 Å². The average molecular weight is 250 g/mol. The fraction of sp³-hybridized carbons (Fsp3) is 0.385. The maximum Gasteiger partial charge on any atom is 0.242 e. The minimum atomic E-state index is -0.544. The molecular weight excluding hydrogens is 232 g/mol. The van der Waals surface area contributed by atoms with E-state index in [0.717, 1.165) is 11.3 Å². The van der Waals surface area contributed by atoms with Gasteiger partial charge in [-0.15, -0.1) is 0 Å². The number of hydrogen-bond donors (Lipinski definition) is 2. The van der Waals surface area contributed by atoms with Crippen LogP contribution in [0, 0.1) is 0 Å². The molecule has 0 aromatic heterocycles. The number of amides is 2. The third-order valence-corrected chi connectivity index (χ3v) is 2.46. The predicted molar refractivity (Wildman–Crippen MR) is 68.1 cm³/mol. The van der Waals surface area contributed by atoms with Crippen LogP contribution in [-0.4, -0.2) is 25.0 Å². The first kappa shape index (κ1) is 14.0. The second kappa shape index (κ2) is 6.64. The van der Waals surface area contributed by atoms with E-state index in [-0.39, 0.29) is 11.8 Å². The summed E-state index contributed by atoms with van der Waals surface area (Å²) in [7, 11) is 1.58. The zero-order chi connectivity index (χ0) is 13.5. The number of carbonyl (C=O) groups is 2. The summed E-state index contributed by atoms with van der Waals surface area (Å²) >= 11 is 0. The molecule has 2 amide bonds. The van der Waals surface area contributed by atoms with Gasteiger partial charge in [0, 0.05) is 19.0 Å². The van der Waals surface area contributed by atoms with Gasteiger partial charge in [-0.1, -0.05) is 18.2 Å². The number of methoxy groups -OCH3 is 1. The first-order valence-electron chi connectivity index (χ1n) is 5.71. The molecular formula is C13H18N2O3. The molecule has 1 aromatic rings. The molecule has 0 saturated carbocycles. The smallest absolute Gasteiger partial charge is 0.242 e. The van der Waals surface area contributed by atoms with Gasteiger partial charge in [0.05, 0.1) is 7.11 Å². The van der Waals surface area contributed by atoms with Gasteiger partial charge < -0.3 is 15.4 Å². The fourth-order valence-corrected chi connectivity index (χ4v) is 1.55. The van der Waals surface area contributed by atoms with Crippen molar-refractivity contribution in [3.63, 3.8) is 0 Å². The van der Waals surface area contributed by atoms with Gasteiger partial charge in [-0.25, -0.2) is 0 Å². The van der Waals surface area contributed by atoms with Crippen molar-refractivity contribution in [3.8, 4) is 5.75 Å². The highest BCUT2D eigenvalue weighted by Gasteiger charge is 2.13. The Balaban J connectivity index is 2.54. The first-order valence-corrected chi connectivity index (χ1v) is 5.71. The number of para-hydroxylation sites is 1. The van der Waals surface area contributed by atoms with E-state index in [1.165, 1.54) is 6.92 Å². The van der Waals surface area contributed by atoms with E-state index in [1.807, 2.05) is 24.3 Å². The molecule has 0 spiro atoms. The van der Waals surface area contributed by atoms with Crippen LogP contribution in [0.2, 0.25) is 0 Å². The normalized spacial score (nSPS) is 11.5. The van der Waals surface area contributed by atoms with Crippen LogP contribution in [-0.2, 0) is 16.1 Å². The molecule has 18 heavy (non-hydrogen) atoms. The maximum atomic E-state index is 11.7. The Morgan fingerprint density at radius 1 is 1.33 bits per heavy atom. The van der Waals surface area contributed by atoms with Gasteiger partial charge >= 0.3 is 0 Å². The Morgan fingerprint density at radius 2 is 2.00 bits per heavy atom. The summed E-state index contributed by atoms with van der Waals surface area (Å²) in [5.74, 6) is 0.274. The van der Waals surface area contributed by atoms with E-state index in [0.29, 0.717) is 6.54 Å². The minimum absolute atomic E-state index is 0.226. The molecule has 2 N–H and O–H groups in total. The van der Waals surface area contributed by atoms with Crippen LogP contribution in [0.5, 0.6) is 5.75 Å². The molecule has 0 aliphatic heterocycles. The van der Waals surface area contributed by atoms with Gasteiger partial charge in [0.1, 0.15) is 11.8 Å². The quantitative estimate of drug-likeness (QED) is 0.813. The molecule has 1 rings (SSSR count). The molecule has 0 saturated heterocycles. The number of carbonyl (C=O) groups excluding carboxylic acids is 2. The average Bonchev–Trinajstić information content (AvgIpc) is 2.35. The predicted octanol–water partition coefficient (Wildman–Crippen LogP) is 0.836. The van der Waals surface area contributed by atoms with E-state index < -0.39 is 6.04 Å². The molecule has 0 aliphatic rings. The summed E-state index contributed by atoms with van der Waals surface area (Å²) in [5, 5.41) is 5.27. The highest BCUT2D eigenvalue weighted by molar-refractivity contribution is 5.86. The lowest BCUT2D eigenvalue weighted by molar-refractivity contribution is -0.127. The monoisotopic (exact) mass is 250 g/mol. The van der Waals surface area contributed by atoms with Crippen LogP contribution < -0.4 is 15.4 Å². The molecule has 0 radical (unpaired) electrons. The number of rotatable bonds is 5. The van der Waals surface area contributed by atoms with E-state index in [4.69, 9.17) is 4.74 Å². The number of nitrogens with one attached hydrogen (secondary N) is 2. The summed E-state index contributed by atoms with van der Waals surface area (Å²) in [6.45, 7) is 3.38. The molecule has 0 unspecified atom stereocenters. The van der Waals surface area contributed by atoms with Gasteiger partial charge in [0.25, 0.3) is 0 Å². The standard InChI is InChI=1S/C13H18N2O3/c1-9(15-10(2)16)13(17)14-8-11-6-4-5-7-12(11)18-3/h4-7,9H,8H2,1-3H3,(H,14,17)(H,15,16)/t9-/m0/s1. The van der Waals surface area contributed by atoms with Crippen molar-refractivity contribution in [2.45, 2.75) is 26.4 Å². The van der Waals surface area contributed by atoms with Gasteiger partial charge in [-0.3, -0.25) is 9.59 Å². The highest BCUT2D eigenvalue weighted by atomic mass is 16.5. The SMILES string of the molecule is COc1ccccc1CNC(=O)[C@H](C)NC(C)=O.